The van der Waals surface area contributed by atoms with Gasteiger partial charge in [0, 0.05) is 28.4 Å². The van der Waals surface area contributed by atoms with E-state index in [0.717, 1.165) is 46.4 Å². The molecule has 1 aliphatic heterocycles. The summed E-state index contributed by atoms with van der Waals surface area (Å²) in [5.74, 6) is 7.77. The van der Waals surface area contributed by atoms with Crippen molar-refractivity contribution in [3.05, 3.63) is 83.7 Å². The Labute approximate surface area is 200 Å². The molecule has 0 radical (unpaired) electrons. The van der Waals surface area contributed by atoms with Gasteiger partial charge in [0.25, 0.3) is 0 Å². The van der Waals surface area contributed by atoms with Crippen molar-refractivity contribution in [1.82, 2.24) is 4.98 Å². The van der Waals surface area contributed by atoms with Gasteiger partial charge in [-0.15, -0.1) is 0 Å². The van der Waals surface area contributed by atoms with Gasteiger partial charge in [-0.3, -0.25) is 0 Å². The molecule has 0 spiro atoms. The van der Waals surface area contributed by atoms with E-state index in [2.05, 4.69) is 54.4 Å². The molecule has 1 aliphatic carbocycles. The Bertz CT molecular complexity index is 1260. The Hall–Kier alpha value is -3.32. The van der Waals surface area contributed by atoms with E-state index in [4.69, 9.17) is 16.6 Å². The summed E-state index contributed by atoms with van der Waals surface area (Å²) in [6.45, 7) is 4.06. The summed E-state index contributed by atoms with van der Waals surface area (Å²) in [5.41, 5.74) is 11.3. The van der Waals surface area contributed by atoms with Crippen molar-refractivity contribution in [2.24, 2.45) is 16.6 Å². The second-order valence-electron chi connectivity index (χ2n) is 9.43. The zero-order valence-corrected chi connectivity index (χ0v) is 19.7. The number of aromatic nitrogens is 1. The van der Waals surface area contributed by atoms with Crippen LogP contribution in [0.15, 0.2) is 77.6 Å². The average molecular weight is 454 g/mol. The summed E-state index contributed by atoms with van der Waals surface area (Å²) >= 11 is 0. The zero-order valence-electron chi connectivity index (χ0n) is 19.7. The molecule has 6 heteroatoms. The van der Waals surface area contributed by atoms with Gasteiger partial charge in [-0.05, 0) is 49.0 Å². The number of allylic oxidation sites excluding steroid dienone is 1. The summed E-state index contributed by atoms with van der Waals surface area (Å²) in [5, 5.41) is 12.0. The fraction of sp³-hybridized carbons (Fsp3) is 0.286. The van der Waals surface area contributed by atoms with E-state index in [9.17, 15) is 5.11 Å². The number of anilines is 1. The van der Waals surface area contributed by atoms with Crippen molar-refractivity contribution in [2.75, 3.05) is 5.01 Å². The highest BCUT2D eigenvalue weighted by atomic mass is 16.3. The average Bonchev–Trinajstić information content (AvgIpc) is 2.85. The van der Waals surface area contributed by atoms with E-state index in [1.165, 1.54) is 0 Å². The van der Waals surface area contributed by atoms with Crippen LogP contribution in [0.5, 0.6) is 0 Å². The van der Waals surface area contributed by atoms with Crippen molar-refractivity contribution in [1.29, 1.82) is 0 Å². The lowest BCUT2D eigenvalue weighted by molar-refractivity contribution is -0.0916. The first-order valence-electron chi connectivity index (χ1n) is 11.9. The largest absolute Gasteiger partial charge is 0.390 e. The summed E-state index contributed by atoms with van der Waals surface area (Å²) in [6, 6.07) is 20.6. The number of hydrogen-bond donors (Lipinski definition) is 3. The van der Waals surface area contributed by atoms with Crippen molar-refractivity contribution in [3.8, 4) is 22.4 Å². The van der Waals surface area contributed by atoms with Gasteiger partial charge in [-0.25, -0.2) is 20.8 Å². The molecule has 2 heterocycles. The molecule has 174 valence electrons. The highest BCUT2D eigenvalue weighted by Crippen LogP contribution is 2.48. The zero-order chi connectivity index (χ0) is 23.9. The third-order valence-corrected chi connectivity index (χ3v) is 6.99. The quantitative estimate of drug-likeness (QED) is 0.479. The molecule has 2 aliphatic rings. The molecule has 6 nitrogen and oxygen atoms in total. The molecule has 0 saturated heterocycles. The van der Waals surface area contributed by atoms with E-state index >= 15 is 0 Å². The minimum Gasteiger partial charge on any atom is -0.390 e. The molecular formula is C28H31N5O. The lowest BCUT2D eigenvalue weighted by Gasteiger charge is -2.51. The fourth-order valence-electron chi connectivity index (χ4n) is 5.04. The highest BCUT2D eigenvalue weighted by Gasteiger charge is 2.51. The maximum absolute atomic E-state index is 10.5. The van der Waals surface area contributed by atoms with E-state index in [0.29, 0.717) is 24.5 Å². The monoisotopic (exact) mass is 453 g/mol. The molecule has 0 atom stereocenters. The predicted molar refractivity (Wildman–Crippen MR) is 138 cm³/mol. The van der Waals surface area contributed by atoms with Crippen LogP contribution in [0.1, 0.15) is 50.7 Å². The lowest BCUT2D eigenvalue weighted by Crippen LogP contribution is -2.59. The van der Waals surface area contributed by atoms with Crippen LogP contribution in [-0.2, 0) is 5.54 Å². The summed E-state index contributed by atoms with van der Waals surface area (Å²) in [6.07, 6.45) is 6.52. The molecule has 0 unspecified atom stereocenters. The molecule has 5 rings (SSSR count). The number of nitrogens with zero attached hydrogens (tertiary/aromatic N) is 3. The molecule has 0 bridgehead atoms. The molecule has 0 amide bonds. The van der Waals surface area contributed by atoms with Crippen LogP contribution >= 0.6 is 0 Å². The molecule has 3 aromatic rings. The number of aliphatic hydroxyl groups is 1. The van der Waals surface area contributed by atoms with Crippen molar-refractivity contribution in [3.63, 3.8) is 0 Å². The molecule has 1 fully saturated rings. The minimum atomic E-state index is -0.649. The predicted octanol–water partition coefficient (Wildman–Crippen LogP) is 4.87. The molecule has 1 aromatic heterocycles. The first-order valence-corrected chi connectivity index (χ1v) is 11.9. The van der Waals surface area contributed by atoms with Gasteiger partial charge in [-0.1, -0.05) is 68.4 Å². The first-order chi connectivity index (χ1) is 16.4. The summed E-state index contributed by atoms with van der Waals surface area (Å²) in [4.78, 5) is 9.55. The third kappa shape index (κ3) is 3.84. The standard InChI is InChI=1S/C28H31N5O/c1-3-8-24-31-16-21-15-23(19-9-6-5-7-10-19)25(32-26(21)33(24)30)20-11-13-22(14-12-20)28(29)17-27(34,4-2)18-28/h5-16,34H,3-4,17-18,29-30H2,1-2H3/b24-8-. The van der Waals surface area contributed by atoms with Crippen LogP contribution in [-0.4, -0.2) is 21.9 Å². The first kappa shape index (κ1) is 22.5. The van der Waals surface area contributed by atoms with Crippen LogP contribution in [0.4, 0.5) is 5.82 Å². The molecule has 1 saturated carbocycles. The van der Waals surface area contributed by atoms with Crippen molar-refractivity contribution in [2.45, 2.75) is 50.7 Å². The second kappa shape index (κ2) is 8.47. The van der Waals surface area contributed by atoms with Crippen LogP contribution in [0.2, 0.25) is 0 Å². The smallest absolute Gasteiger partial charge is 0.158 e. The molecular weight excluding hydrogens is 422 g/mol. The highest BCUT2D eigenvalue weighted by molar-refractivity contribution is 5.95. The van der Waals surface area contributed by atoms with Gasteiger partial charge < -0.3 is 10.8 Å². The number of fused-ring (bicyclic) bond motifs is 1. The Morgan fingerprint density at radius 3 is 2.38 bits per heavy atom. The lowest BCUT2D eigenvalue weighted by atomic mass is 9.61. The third-order valence-electron chi connectivity index (χ3n) is 6.99. The number of nitrogens with two attached hydrogens (primary N) is 2. The van der Waals surface area contributed by atoms with Gasteiger partial charge in [-0.2, -0.15) is 0 Å². The Balaban J connectivity index is 1.58. The van der Waals surface area contributed by atoms with E-state index in [-0.39, 0.29) is 0 Å². The normalized spacial score (nSPS) is 24.7. The number of benzene rings is 2. The van der Waals surface area contributed by atoms with Gasteiger partial charge in [0.1, 0.15) is 5.82 Å². The van der Waals surface area contributed by atoms with Crippen LogP contribution in [0.3, 0.4) is 0 Å². The number of hydrogen-bond acceptors (Lipinski definition) is 6. The van der Waals surface area contributed by atoms with Crippen LogP contribution in [0.25, 0.3) is 22.4 Å². The maximum Gasteiger partial charge on any atom is 0.158 e. The van der Waals surface area contributed by atoms with E-state index < -0.39 is 11.1 Å². The van der Waals surface area contributed by atoms with Crippen LogP contribution < -0.4 is 16.6 Å². The van der Waals surface area contributed by atoms with Crippen LogP contribution in [0, 0.1) is 0 Å². The number of aliphatic imine (C=N–C) groups is 1. The molecule has 5 N–H and O–H groups in total. The van der Waals surface area contributed by atoms with Gasteiger partial charge in [0.05, 0.1) is 11.3 Å². The van der Waals surface area contributed by atoms with Gasteiger partial charge in [0.2, 0.25) is 0 Å². The van der Waals surface area contributed by atoms with Crippen molar-refractivity contribution >= 4 is 12.0 Å². The number of pyridine rings is 1. The summed E-state index contributed by atoms with van der Waals surface area (Å²) in [7, 11) is 0. The van der Waals surface area contributed by atoms with Gasteiger partial charge >= 0.3 is 0 Å². The second-order valence-corrected chi connectivity index (χ2v) is 9.43. The van der Waals surface area contributed by atoms with Crippen molar-refractivity contribution < 1.29 is 5.11 Å². The van der Waals surface area contributed by atoms with Gasteiger partial charge in [0.15, 0.2) is 5.82 Å². The minimum absolute atomic E-state index is 0.487. The molecule has 34 heavy (non-hydrogen) atoms. The molecule has 2 aromatic carbocycles. The Morgan fingerprint density at radius 2 is 1.74 bits per heavy atom. The fourth-order valence-corrected chi connectivity index (χ4v) is 5.04. The topological polar surface area (TPSA) is 101 Å². The maximum atomic E-state index is 10.5. The number of hydrazine groups is 1. The Morgan fingerprint density at radius 1 is 1.03 bits per heavy atom. The van der Waals surface area contributed by atoms with E-state index in [1.807, 2.05) is 37.4 Å². The van der Waals surface area contributed by atoms with E-state index in [1.54, 1.807) is 5.01 Å². The Kier molecular flexibility index (Phi) is 5.60. The summed E-state index contributed by atoms with van der Waals surface area (Å²) < 4.78 is 0. The SMILES string of the molecule is CC/C=C1/N=Cc2cc(-c3ccccc3)c(-c3ccc(C4(N)CC(O)(CC)C4)cc3)nc2N1N. The number of rotatable bonds is 5.